The zero-order valence-electron chi connectivity index (χ0n) is 13.4. The third kappa shape index (κ3) is 5.03. The van der Waals surface area contributed by atoms with Crippen LogP contribution < -0.4 is 0 Å². The summed E-state index contributed by atoms with van der Waals surface area (Å²) in [6.45, 7) is 4.05. The van der Waals surface area contributed by atoms with Crippen molar-refractivity contribution in [2.75, 3.05) is 13.1 Å². The third-order valence-electron chi connectivity index (χ3n) is 3.80. The lowest BCUT2D eigenvalue weighted by Crippen LogP contribution is -2.26. The van der Waals surface area contributed by atoms with Gasteiger partial charge in [-0.25, -0.2) is 0 Å². The summed E-state index contributed by atoms with van der Waals surface area (Å²) in [6.07, 6.45) is 4.13. The van der Waals surface area contributed by atoms with Crippen molar-refractivity contribution in [2.45, 2.75) is 32.6 Å². The number of carbonyl (C=O) groups excluding carboxylic acids is 1. The molecule has 0 radical (unpaired) electrons. The van der Waals surface area contributed by atoms with Crippen LogP contribution in [0.5, 0.6) is 0 Å². The third-order valence-corrected chi connectivity index (χ3v) is 3.80. The van der Waals surface area contributed by atoms with Gasteiger partial charge in [0, 0.05) is 19.5 Å². The van der Waals surface area contributed by atoms with Crippen LogP contribution in [0.1, 0.15) is 32.6 Å². The van der Waals surface area contributed by atoms with Crippen LogP contribution in [0.3, 0.4) is 0 Å². The standard InChI is InChI=1S/C12H10.C8H15NO/c1-3-7-11(8-4-1)12-9-5-2-6-10-12;1-2-5-8(10)9-6-3-4-7-9/h1-10H;2-7H2,1H3. The molecule has 1 aliphatic heterocycles. The SMILES string of the molecule is CCCC(=O)N1CCCC1.c1ccc(-c2ccccc2)cc1. The van der Waals surface area contributed by atoms with Crippen LogP contribution in [0.15, 0.2) is 60.7 Å². The van der Waals surface area contributed by atoms with Crippen molar-refractivity contribution in [1.82, 2.24) is 4.90 Å². The second-order valence-electron chi connectivity index (χ2n) is 5.57. The second-order valence-corrected chi connectivity index (χ2v) is 5.57. The summed E-state index contributed by atoms with van der Waals surface area (Å²) in [4.78, 5) is 13.1. The first-order valence-corrected chi connectivity index (χ1v) is 8.19. The van der Waals surface area contributed by atoms with Crippen LogP contribution in [0, 0.1) is 0 Å². The molecule has 1 amide bonds. The molecule has 0 spiro atoms. The Kier molecular flexibility index (Phi) is 6.69. The molecule has 0 aromatic heterocycles. The number of hydrogen-bond donors (Lipinski definition) is 0. The molecular formula is C20H25NO. The highest BCUT2D eigenvalue weighted by Gasteiger charge is 2.15. The van der Waals surface area contributed by atoms with Crippen molar-refractivity contribution in [2.24, 2.45) is 0 Å². The molecule has 1 fully saturated rings. The van der Waals surface area contributed by atoms with Crippen LogP contribution in [0.4, 0.5) is 0 Å². The molecule has 2 heteroatoms. The van der Waals surface area contributed by atoms with Crippen molar-refractivity contribution < 1.29 is 4.79 Å². The first-order chi connectivity index (χ1) is 10.8. The van der Waals surface area contributed by atoms with Gasteiger partial charge in [-0.15, -0.1) is 0 Å². The summed E-state index contributed by atoms with van der Waals surface area (Å²) < 4.78 is 0. The Morgan fingerprint density at radius 1 is 0.864 bits per heavy atom. The molecule has 0 aliphatic carbocycles. The van der Waals surface area contributed by atoms with Crippen LogP contribution in [0.2, 0.25) is 0 Å². The Labute approximate surface area is 133 Å². The van der Waals surface area contributed by atoms with Gasteiger partial charge in [-0.05, 0) is 30.4 Å². The van der Waals surface area contributed by atoms with Gasteiger partial charge in [0.1, 0.15) is 0 Å². The number of carbonyl (C=O) groups is 1. The highest BCUT2D eigenvalue weighted by Crippen LogP contribution is 2.17. The molecule has 3 rings (SSSR count). The molecular weight excluding hydrogens is 270 g/mol. The average Bonchev–Trinajstić information content (AvgIpc) is 3.12. The molecule has 0 unspecified atom stereocenters. The Hall–Kier alpha value is -2.09. The van der Waals surface area contributed by atoms with Gasteiger partial charge >= 0.3 is 0 Å². The van der Waals surface area contributed by atoms with E-state index in [1.54, 1.807) is 0 Å². The van der Waals surface area contributed by atoms with Crippen molar-refractivity contribution in [3.05, 3.63) is 60.7 Å². The van der Waals surface area contributed by atoms with Crippen molar-refractivity contribution in [3.63, 3.8) is 0 Å². The van der Waals surface area contributed by atoms with E-state index in [-0.39, 0.29) is 0 Å². The first kappa shape index (κ1) is 16.3. The van der Waals surface area contributed by atoms with Crippen molar-refractivity contribution >= 4 is 5.91 Å². The maximum Gasteiger partial charge on any atom is 0.222 e. The fraction of sp³-hybridized carbons (Fsp3) is 0.350. The molecule has 0 bridgehead atoms. The molecule has 2 nitrogen and oxygen atoms in total. The largest absolute Gasteiger partial charge is 0.343 e. The molecule has 1 saturated heterocycles. The number of rotatable bonds is 3. The van der Waals surface area contributed by atoms with Gasteiger partial charge in [0.25, 0.3) is 0 Å². The molecule has 0 atom stereocenters. The predicted molar refractivity (Wildman–Crippen MR) is 92.6 cm³/mol. The lowest BCUT2D eigenvalue weighted by Gasteiger charge is -2.13. The number of benzene rings is 2. The van der Waals surface area contributed by atoms with Gasteiger partial charge in [-0.2, -0.15) is 0 Å². The Balaban J connectivity index is 0.000000164. The lowest BCUT2D eigenvalue weighted by atomic mass is 10.1. The van der Waals surface area contributed by atoms with Gasteiger partial charge < -0.3 is 4.90 Å². The van der Waals surface area contributed by atoms with Gasteiger partial charge in [0.15, 0.2) is 0 Å². The Bertz CT molecular complexity index is 507. The maximum absolute atomic E-state index is 11.2. The Morgan fingerprint density at radius 2 is 1.32 bits per heavy atom. The summed E-state index contributed by atoms with van der Waals surface area (Å²) >= 11 is 0. The average molecular weight is 295 g/mol. The van der Waals surface area contributed by atoms with E-state index >= 15 is 0 Å². The van der Waals surface area contributed by atoms with Gasteiger partial charge in [0.2, 0.25) is 5.91 Å². The van der Waals surface area contributed by atoms with E-state index in [1.165, 1.54) is 24.0 Å². The molecule has 22 heavy (non-hydrogen) atoms. The molecule has 0 N–H and O–H groups in total. The van der Waals surface area contributed by atoms with E-state index in [1.807, 2.05) is 24.0 Å². The monoisotopic (exact) mass is 295 g/mol. The highest BCUT2D eigenvalue weighted by atomic mass is 16.2. The van der Waals surface area contributed by atoms with E-state index in [9.17, 15) is 4.79 Å². The van der Waals surface area contributed by atoms with Crippen molar-refractivity contribution in [1.29, 1.82) is 0 Å². The lowest BCUT2D eigenvalue weighted by molar-refractivity contribution is -0.130. The van der Waals surface area contributed by atoms with E-state index in [0.717, 1.165) is 25.9 Å². The van der Waals surface area contributed by atoms with Crippen LogP contribution in [-0.2, 0) is 4.79 Å². The van der Waals surface area contributed by atoms with Gasteiger partial charge in [0.05, 0.1) is 0 Å². The Morgan fingerprint density at radius 3 is 1.73 bits per heavy atom. The van der Waals surface area contributed by atoms with Crippen LogP contribution in [0.25, 0.3) is 11.1 Å². The topological polar surface area (TPSA) is 20.3 Å². The van der Waals surface area contributed by atoms with Crippen molar-refractivity contribution in [3.8, 4) is 11.1 Å². The highest BCUT2D eigenvalue weighted by molar-refractivity contribution is 5.76. The van der Waals surface area contributed by atoms with E-state index in [0.29, 0.717) is 5.91 Å². The van der Waals surface area contributed by atoms with Crippen LogP contribution in [-0.4, -0.2) is 23.9 Å². The summed E-state index contributed by atoms with van der Waals surface area (Å²) in [5, 5.41) is 0. The normalized spacial score (nSPS) is 13.4. The number of nitrogens with zero attached hydrogens (tertiary/aromatic N) is 1. The summed E-state index contributed by atoms with van der Waals surface area (Å²) in [5.74, 6) is 0.347. The van der Waals surface area contributed by atoms with Gasteiger partial charge in [-0.3, -0.25) is 4.79 Å². The first-order valence-electron chi connectivity index (χ1n) is 8.19. The second kappa shape index (κ2) is 9.04. The molecule has 2 aromatic carbocycles. The summed E-state index contributed by atoms with van der Waals surface area (Å²) in [5.41, 5.74) is 2.55. The molecule has 1 aliphatic rings. The van der Waals surface area contributed by atoms with Gasteiger partial charge in [-0.1, -0.05) is 67.6 Å². The smallest absolute Gasteiger partial charge is 0.222 e. The molecule has 2 aromatic rings. The van der Waals surface area contributed by atoms with E-state index in [2.05, 4.69) is 48.5 Å². The minimum absolute atomic E-state index is 0.347. The molecule has 1 heterocycles. The predicted octanol–water partition coefficient (Wildman–Crippen LogP) is 4.76. The quantitative estimate of drug-likeness (QED) is 0.799. The number of amides is 1. The van der Waals surface area contributed by atoms with E-state index < -0.39 is 0 Å². The fourth-order valence-corrected chi connectivity index (χ4v) is 2.60. The zero-order valence-corrected chi connectivity index (χ0v) is 13.4. The molecule has 0 saturated carbocycles. The van der Waals surface area contributed by atoms with Crippen LogP contribution >= 0.6 is 0 Å². The summed E-state index contributed by atoms with van der Waals surface area (Å²) in [7, 11) is 0. The fourth-order valence-electron chi connectivity index (χ4n) is 2.60. The summed E-state index contributed by atoms with van der Waals surface area (Å²) in [6, 6.07) is 20.8. The maximum atomic E-state index is 11.2. The number of likely N-dealkylation sites (tertiary alicyclic amines) is 1. The minimum Gasteiger partial charge on any atom is -0.343 e. The zero-order chi connectivity index (χ0) is 15.6. The number of hydrogen-bond acceptors (Lipinski definition) is 1. The minimum atomic E-state index is 0.347. The molecule has 116 valence electrons. The van der Waals surface area contributed by atoms with E-state index in [4.69, 9.17) is 0 Å².